The summed E-state index contributed by atoms with van der Waals surface area (Å²) in [5.41, 5.74) is 6.64. The predicted octanol–water partition coefficient (Wildman–Crippen LogP) is 6.43. The lowest BCUT2D eigenvalue weighted by Crippen LogP contribution is -2.31. The third kappa shape index (κ3) is 2.83. The molecule has 0 spiro atoms. The van der Waals surface area contributed by atoms with Gasteiger partial charge in [-0.3, -0.25) is 0 Å². The van der Waals surface area contributed by atoms with Crippen LogP contribution < -0.4 is 10.7 Å². The van der Waals surface area contributed by atoms with Crippen molar-refractivity contribution in [3.8, 4) is 22.5 Å². The Balaban J connectivity index is 1.94. The van der Waals surface area contributed by atoms with E-state index in [0.717, 1.165) is 44.5 Å². The summed E-state index contributed by atoms with van der Waals surface area (Å²) in [6, 6.07) is 16.1. The Morgan fingerprint density at radius 3 is 2.48 bits per heavy atom. The number of rotatable bonds is 1. The van der Waals surface area contributed by atoms with Gasteiger partial charge in [-0.25, -0.2) is 4.39 Å². The minimum Gasteiger partial charge on any atom is -0.455 e. The van der Waals surface area contributed by atoms with Gasteiger partial charge in [-0.15, -0.1) is 0 Å². The molecule has 2 N–H and O–H groups in total. The Morgan fingerprint density at radius 2 is 1.72 bits per heavy atom. The van der Waals surface area contributed by atoms with Crippen molar-refractivity contribution >= 4 is 22.2 Å². The first kappa shape index (κ1) is 17.7. The lowest BCUT2D eigenvalue weighted by atomic mass is 9.87. The number of nitrogens with one attached hydrogen (secondary N) is 2. The van der Waals surface area contributed by atoms with E-state index in [1.54, 1.807) is 24.3 Å². The molecule has 2 heterocycles. The van der Waals surface area contributed by atoms with Gasteiger partial charge in [0.2, 0.25) is 0 Å². The summed E-state index contributed by atoms with van der Waals surface area (Å²) in [5, 5.41) is 13.0. The minimum atomic E-state index is -0.265. The molecule has 29 heavy (non-hydrogen) atoms. The largest absolute Gasteiger partial charge is 0.455 e. The monoisotopic (exact) mass is 384 g/mol. The highest BCUT2D eigenvalue weighted by atomic mass is 19.1. The lowest BCUT2D eigenvalue weighted by Gasteiger charge is -2.32. The van der Waals surface area contributed by atoms with Crippen molar-refractivity contribution in [2.24, 2.45) is 0 Å². The van der Waals surface area contributed by atoms with Gasteiger partial charge in [0.05, 0.1) is 10.9 Å². The molecule has 4 heteroatoms. The molecule has 1 aliphatic carbocycles. The fraction of sp³-hybridized carbons (Fsp3) is 0.160. The maximum Gasteiger partial charge on any atom is 0.144 e. The molecule has 3 nitrogen and oxygen atoms in total. The quantitative estimate of drug-likeness (QED) is 0.372. The molecule has 0 saturated heterocycles. The summed E-state index contributed by atoms with van der Waals surface area (Å²) in [7, 11) is 0. The standard InChI is InChI=1S/C25H21FN2O/c1-14-13-25(2,3)28-20-11-10-19-23(15-4-6-16(26)7-5-15)18-9-8-17(27)12-21(18)29-24(19)22(14)20/h4-13,27-28H,1-3H3. The zero-order chi connectivity index (χ0) is 20.3. The average molecular weight is 384 g/mol. The molecule has 2 aliphatic heterocycles. The highest BCUT2D eigenvalue weighted by molar-refractivity contribution is 6.07. The van der Waals surface area contributed by atoms with Crippen molar-refractivity contribution in [1.29, 1.82) is 5.41 Å². The second-order valence-corrected chi connectivity index (χ2v) is 8.23. The number of allylic oxidation sites excluding steroid dienone is 1. The van der Waals surface area contributed by atoms with Gasteiger partial charge < -0.3 is 15.1 Å². The molecule has 5 rings (SSSR count). The van der Waals surface area contributed by atoms with Gasteiger partial charge in [-0.1, -0.05) is 18.2 Å². The summed E-state index contributed by atoms with van der Waals surface area (Å²) >= 11 is 0. The van der Waals surface area contributed by atoms with Crippen LogP contribution in [-0.4, -0.2) is 5.54 Å². The van der Waals surface area contributed by atoms with Gasteiger partial charge in [-0.05, 0) is 68.3 Å². The first-order valence-corrected chi connectivity index (χ1v) is 9.64. The zero-order valence-corrected chi connectivity index (χ0v) is 16.6. The summed E-state index contributed by atoms with van der Waals surface area (Å²) in [5.74, 6) is 0.384. The average Bonchev–Trinajstić information content (AvgIpc) is 2.65. The van der Waals surface area contributed by atoms with Crippen molar-refractivity contribution in [2.45, 2.75) is 26.3 Å². The SMILES string of the molecule is CC1=CC(C)(C)Nc2ccc3c(-c4ccc(F)cc4)c4ccc(=N)cc-4oc3c21. The van der Waals surface area contributed by atoms with E-state index in [4.69, 9.17) is 9.83 Å². The summed E-state index contributed by atoms with van der Waals surface area (Å²) in [6.07, 6.45) is 2.20. The number of hydrogen-bond donors (Lipinski definition) is 2. The highest BCUT2D eigenvalue weighted by Gasteiger charge is 2.27. The van der Waals surface area contributed by atoms with E-state index in [9.17, 15) is 4.39 Å². The molecule has 0 radical (unpaired) electrons. The van der Waals surface area contributed by atoms with E-state index in [0.29, 0.717) is 11.1 Å². The molecule has 0 atom stereocenters. The van der Waals surface area contributed by atoms with E-state index >= 15 is 0 Å². The van der Waals surface area contributed by atoms with Crippen molar-refractivity contribution < 1.29 is 8.81 Å². The number of hydrogen-bond acceptors (Lipinski definition) is 3. The van der Waals surface area contributed by atoms with Crippen LogP contribution in [0.15, 0.2) is 65.1 Å². The molecule has 0 saturated carbocycles. The van der Waals surface area contributed by atoms with Gasteiger partial charge in [0.1, 0.15) is 17.2 Å². The Kier molecular flexibility index (Phi) is 3.69. The van der Waals surface area contributed by atoms with Crippen LogP contribution in [0.4, 0.5) is 10.1 Å². The second kappa shape index (κ2) is 6.05. The number of fused-ring (bicyclic) bond motifs is 4. The van der Waals surface area contributed by atoms with Crippen LogP contribution in [0.25, 0.3) is 39.0 Å². The third-order valence-electron chi connectivity index (χ3n) is 5.45. The molecular weight excluding hydrogens is 363 g/mol. The van der Waals surface area contributed by atoms with E-state index in [2.05, 4.69) is 44.3 Å². The zero-order valence-electron chi connectivity index (χ0n) is 16.6. The predicted molar refractivity (Wildman–Crippen MR) is 115 cm³/mol. The first-order chi connectivity index (χ1) is 13.8. The minimum absolute atomic E-state index is 0.143. The fourth-order valence-corrected chi connectivity index (χ4v) is 4.37. The molecule has 0 amide bonds. The van der Waals surface area contributed by atoms with Crippen molar-refractivity contribution in [3.05, 3.63) is 77.4 Å². The van der Waals surface area contributed by atoms with Gasteiger partial charge in [0, 0.05) is 33.8 Å². The van der Waals surface area contributed by atoms with Crippen LogP contribution in [0.3, 0.4) is 0 Å². The maximum atomic E-state index is 13.6. The van der Waals surface area contributed by atoms with E-state index in [1.165, 1.54) is 12.1 Å². The van der Waals surface area contributed by atoms with Gasteiger partial charge >= 0.3 is 0 Å². The van der Waals surface area contributed by atoms with Crippen LogP contribution in [0.1, 0.15) is 26.3 Å². The van der Waals surface area contributed by atoms with Crippen LogP contribution in [0.5, 0.6) is 0 Å². The smallest absolute Gasteiger partial charge is 0.144 e. The molecule has 0 unspecified atom stereocenters. The Morgan fingerprint density at radius 1 is 0.966 bits per heavy atom. The maximum absolute atomic E-state index is 13.6. The Labute approximate surface area is 168 Å². The number of benzene rings is 3. The van der Waals surface area contributed by atoms with Gasteiger partial charge in [0.15, 0.2) is 0 Å². The van der Waals surface area contributed by atoms with E-state index in [1.807, 2.05) is 6.07 Å². The lowest BCUT2D eigenvalue weighted by molar-refractivity contribution is 0.616. The topological polar surface area (TPSA) is 49.0 Å². The van der Waals surface area contributed by atoms with Crippen LogP contribution in [0.2, 0.25) is 0 Å². The summed E-state index contributed by atoms with van der Waals surface area (Å²) < 4.78 is 19.9. The van der Waals surface area contributed by atoms with E-state index < -0.39 is 0 Å². The molecular formula is C25H21FN2O. The molecule has 0 aromatic heterocycles. The van der Waals surface area contributed by atoms with Gasteiger partial charge in [0.25, 0.3) is 0 Å². The molecule has 3 aliphatic rings. The number of halogens is 1. The van der Waals surface area contributed by atoms with Crippen molar-refractivity contribution in [1.82, 2.24) is 0 Å². The summed E-state index contributed by atoms with van der Waals surface area (Å²) in [4.78, 5) is 0. The van der Waals surface area contributed by atoms with Crippen molar-refractivity contribution in [3.63, 3.8) is 0 Å². The highest BCUT2D eigenvalue weighted by Crippen LogP contribution is 2.45. The fourth-order valence-electron chi connectivity index (χ4n) is 4.37. The normalized spacial score (nSPS) is 15.1. The van der Waals surface area contributed by atoms with Crippen LogP contribution >= 0.6 is 0 Å². The Hall–Kier alpha value is -3.40. The molecule has 0 bridgehead atoms. The van der Waals surface area contributed by atoms with E-state index in [-0.39, 0.29) is 11.4 Å². The summed E-state index contributed by atoms with van der Waals surface area (Å²) in [6.45, 7) is 6.37. The molecule has 2 aromatic carbocycles. The Bertz CT molecular complexity index is 1330. The molecule has 144 valence electrons. The van der Waals surface area contributed by atoms with Crippen molar-refractivity contribution in [2.75, 3.05) is 5.32 Å². The molecule has 0 fully saturated rings. The van der Waals surface area contributed by atoms with Crippen LogP contribution in [-0.2, 0) is 0 Å². The molecule has 2 aromatic rings. The third-order valence-corrected chi connectivity index (χ3v) is 5.45. The number of anilines is 1. The second-order valence-electron chi connectivity index (χ2n) is 8.23. The first-order valence-electron chi connectivity index (χ1n) is 9.64. The van der Waals surface area contributed by atoms with Crippen LogP contribution in [0, 0.1) is 11.2 Å². The van der Waals surface area contributed by atoms with Gasteiger partial charge in [-0.2, -0.15) is 0 Å².